The second-order valence-electron chi connectivity index (χ2n) is 5.23. The summed E-state index contributed by atoms with van der Waals surface area (Å²) >= 11 is 3.32. The van der Waals surface area contributed by atoms with E-state index in [2.05, 4.69) is 26.2 Å². The number of anilines is 1. The number of hydrogen-bond donors (Lipinski definition) is 1. The quantitative estimate of drug-likeness (QED) is 0.722. The Morgan fingerprint density at radius 1 is 1.17 bits per heavy atom. The van der Waals surface area contributed by atoms with E-state index in [1.165, 1.54) is 30.9 Å². The average molecular weight is 389 g/mol. The molecule has 3 aromatic rings. The van der Waals surface area contributed by atoms with Crippen LogP contribution in [0.1, 0.15) is 10.4 Å². The maximum atomic E-state index is 12.3. The lowest BCUT2D eigenvalue weighted by atomic mass is 10.2. The number of nitrogens with one attached hydrogen (secondary N) is 1. The van der Waals surface area contributed by atoms with Gasteiger partial charge in [-0.25, -0.2) is 9.78 Å². The van der Waals surface area contributed by atoms with Crippen LogP contribution in [0.3, 0.4) is 0 Å². The standard InChI is InChI=1S/C16H13BrN4O3/c1-20-13-11(15(23)21(2)16(20)24)7-9(8-18-13)19-14(22)10-5-3-4-6-12(10)17/h3-8H,1-2H3,(H,19,22). The molecule has 2 heterocycles. The molecular weight excluding hydrogens is 376 g/mol. The average Bonchev–Trinajstić information content (AvgIpc) is 2.58. The van der Waals surface area contributed by atoms with Crippen LogP contribution >= 0.6 is 15.9 Å². The van der Waals surface area contributed by atoms with E-state index in [4.69, 9.17) is 0 Å². The third-order valence-corrected chi connectivity index (χ3v) is 4.36. The Balaban J connectivity index is 2.06. The topological polar surface area (TPSA) is 86.0 Å². The third-order valence-electron chi connectivity index (χ3n) is 3.67. The van der Waals surface area contributed by atoms with Crippen LogP contribution in [0.25, 0.3) is 11.0 Å². The number of aryl methyl sites for hydroxylation is 1. The molecule has 1 N–H and O–H groups in total. The van der Waals surface area contributed by atoms with Gasteiger partial charge in [-0.3, -0.25) is 18.7 Å². The highest BCUT2D eigenvalue weighted by molar-refractivity contribution is 9.10. The van der Waals surface area contributed by atoms with Crippen molar-refractivity contribution in [2.45, 2.75) is 0 Å². The molecular formula is C16H13BrN4O3. The van der Waals surface area contributed by atoms with Gasteiger partial charge in [-0.15, -0.1) is 0 Å². The van der Waals surface area contributed by atoms with Gasteiger partial charge in [0.1, 0.15) is 5.65 Å². The Morgan fingerprint density at radius 3 is 2.58 bits per heavy atom. The van der Waals surface area contributed by atoms with Gasteiger partial charge in [0, 0.05) is 18.6 Å². The summed E-state index contributed by atoms with van der Waals surface area (Å²) in [5, 5.41) is 2.96. The number of rotatable bonds is 2. The second kappa shape index (κ2) is 6.04. The number of carbonyl (C=O) groups is 1. The van der Waals surface area contributed by atoms with Gasteiger partial charge in [-0.05, 0) is 34.1 Å². The van der Waals surface area contributed by atoms with Crippen LogP contribution in [0.5, 0.6) is 0 Å². The molecule has 2 aromatic heterocycles. The highest BCUT2D eigenvalue weighted by Crippen LogP contribution is 2.18. The van der Waals surface area contributed by atoms with E-state index in [0.29, 0.717) is 15.7 Å². The molecule has 0 atom stereocenters. The molecule has 122 valence electrons. The van der Waals surface area contributed by atoms with Gasteiger partial charge in [-0.2, -0.15) is 0 Å². The summed E-state index contributed by atoms with van der Waals surface area (Å²) in [7, 11) is 2.94. The van der Waals surface area contributed by atoms with Crippen LogP contribution in [0.15, 0.2) is 50.6 Å². The molecule has 0 aliphatic rings. The fraction of sp³-hybridized carbons (Fsp3) is 0.125. The summed E-state index contributed by atoms with van der Waals surface area (Å²) in [6, 6.07) is 8.51. The first-order valence-electron chi connectivity index (χ1n) is 7.02. The smallest absolute Gasteiger partial charge is 0.321 e. The predicted octanol–water partition coefficient (Wildman–Crippen LogP) is 1.65. The number of nitrogens with zero attached hydrogens (tertiary/aromatic N) is 3. The molecule has 3 rings (SSSR count). The molecule has 0 saturated heterocycles. The maximum absolute atomic E-state index is 12.3. The number of benzene rings is 1. The zero-order chi connectivity index (χ0) is 17.4. The lowest BCUT2D eigenvalue weighted by molar-refractivity contribution is 0.102. The van der Waals surface area contributed by atoms with Crippen LogP contribution in [-0.2, 0) is 14.1 Å². The van der Waals surface area contributed by atoms with E-state index in [1.54, 1.807) is 18.2 Å². The maximum Gasteiger partial charge on any atom is 0.332 e. The molecule has 24 heavy (non-hydrogen) atoms. The van der Waals surface area contributed by atoms with E-state index < -0.39 is 11.2 Å². The Kier molecular flexibility index (Phi) is 4.06. The van der Waals surface area contributed by atoms with E-state index in [-0.39, 0.29) is 16.9 Å². The van der Waals surface area contributed by atoms with Gasteiger partial charge >= 0.3 is 5.69 Å². The Bertz CT molecular complexity index is 1080. The summed E-state index contributed by atoms with van der Waals surface area (Å²) in [4.78, 5) is 40.6. The van der Waals surface area contributed by atoms with Gasteiger partial charge < -0.3 is 5.32 Å². The van der Waals surface area contributed by atoms with Crippen molar-refractivity contribution < 1.29 is 4.79 Å². The first kappa shape index (κ1) is 16.1. The minimum atomic E-state index is -0.461. The minimum Gasteiger partial charge on any atom is -0.321 e. The van der Waals surface area contributed by atoms with Crippen molar-refractivity contribution in [3.63, 3.8) is 0 Å². The van der Waals surface area contributed by atoms with E-state index in [0.717, 1.165) is 4.57 Å². The molecule has 0 fully saturated rings. The number of aromatic nitrogens is 3. The van der Waals surface area contributed by atoms with E-state index in [1.807, 2.05) is 6.07 Å². The lowest BCUT2D eigenvalue weighted by Crippen LogP contribution is -2.37. The predicted molar refractivity (Wildman–Crippen MR) is 94.3 cm³/mol. The van der Waals surface area contributed by atoms with Crippen molar-refractivity contribution in [2.75, 3.05) is 5.32 Å². The lowest BCUT2D eigenvalue weighted by Gasteiger charge is -2.09. The first-order valence-corrected chi connectivity index (χ1v) is 7.81. The number of pyridine rings is 1. The van der Waals surface area contributed by atoms with Crippen molar-refractivity contribution in [1.29, 1.82) is 0 Å². The number of hydrogen-bond acceptors (Lipinski definition) is 4. The minimum absolute atomic E-state index is 0.254. The summed E-state index contributed by atoms with van der Waals surface area (Å²) in [5.74, 6) is -0.328. The van der Waals surface area contributed by atoms with Crippen molar-refractivity contribution in [1.82, 2.24) is 14.1 Å². The van der Waals surface area contributed by atoms with Crippen LogP contribution in [0.4, 0.5) is 5.69 Å². The van der Waals surface area contributed by atoms with Crippen LogP contribution < -0.4 is 16.6 Å². The Hall–Kier alpha value is -2.74. The van der Waals surface area contributed by atoms with Gasteiger partial charge in [0.25, 0.3) is 11.5 Å². The van der Waals surface area contributed by atoms with Crippen molar-refractivity contribution in [3.05, 3.63) is 67.4 Å². The summed E-state index contributed by atoms with van der Waals surface area (Å²) in [6.07, 6.45) is 1.41. The van der Waals surface area contributed by atoms with Gasteiger partial charge in [0.15, 0.2) is 0 Å². The van der Waals surface area contributed by atoms with Crippen LogP contribution in [0, 0.1) is 0 Å². The molecule has 8 heteroatoms. The third kappa shape index (κ3) is 2.65. The largest absolute Gasteiger partial charge is 0.332 e. The summed E-state index contributed by atoms with van der Waals surface area (Å²) < 4.78 is 2.95. The van der Waals surface area contributed by atoms with Gasteiger partial charge in [0.2, 0.25) is 0 Å². The van der Waals surface area contributed by atoms with Crippen LogP contribution in [0.2, 0.25) is 0 Å². The molecule has 0 radical (unpaired) electrons. The molecule has 0 bridgehead atoms. The van der Waals surface area contributed by atoms with Crippen LogP contribution in [-0.4, -0.2) is 20.0 Å². The second-order valence-corrected chi connectivity index (χ2v) is 6.09. The Morgan fingerprint density at radius 2 is 1.88 bits per heavy atom. The highest BCUT2D eigenvalue weighted by atomic mass is 79.9. The number of carbonyl (C=O) groups excluding carboxylic acids is 1. The fourth-order valence-electron chi connectivity index (χ4n) is 2.38. The summed E-state index contributed by atoms with van der Waals surface area (Å²) in [5.41, 5.74) is 0.189. The molecule has 1 amide bonds. The molecule has 0 unspecified atom stereocenters. The van der Waals surface area contributed by atoms with Gasteiger partial charge in [-0.1, -0.05) is 12.1 Å². The zero-order valence-corrected chi connectivity index (χ0v) is 14.5. The molecule has 0 aliphatic carbocycles. The summed E-state index contributed by atoms with van der Waals surface area (Å²) in [6.45, 7) is 0. The normalized spacial score (nSPS) is 10.8. The number of amides is 1. The SMILES string of the molecule is Cn1c(=O)c2cc(NC(=O)c3ccccc3Br)cnc2n(C)c1=O. The van der Waals surface area contributed by atoms with Crippen molar-refractivity contribution >= 4 is 38.6 Å². The molecule has 1 aromatic carbocycles. The molecule has 0 aliphatic heterocycles. The number of fused-ring (bicyclic) bond motifs is 1. The number of halogens is 1. The monoisotopic (exact) mass is 388 g/mol. The van der Waals surface area contributed by atoms with E-state index >= 15 is 0 Å². The molecule has 0 spiro atoms. The zero-order valence-electron chi connectivity index (χ0n) is 12.9. The first-order chi connectivity index (χ1) is 11.4. The Labute approximate surface area is 144 Å². The molecule has 7 nitrogen and oxygen atoms in total. The van der Waals surface area contributed by atoms with Gasteiger partial charge in [0.05, 0.1) is 22.8 Å². The highest BCUT2D eigenvalue weighted by Gasteiger charge is 2.13. The van der Waals surface area contributed by atoms with E-state index in [9.17, 15) is 14.4 Å². The molecule has 0 saturated carbocycles. The fourth-order valence-corrected chi connectivity index (χ4v) is 2.84. The van der Waals surface area contributed by atoms with Crippen molar-refractivity contribution in [2.24, 2.45) is 14.1 Å². The van der Waals surface area contributed by atoms with Crippen molar-refractivity contribution in [3.8, 4) is 0 Å².